The molecule has 0 fully saturated rings. The summed E-state index contributed by atoms with van der Waals surface area (Å²) < 4.78 is 0. The van der Waals surface area contributed by atoms with Gasteiger partial charge in [-0.25, -0.2) is 0 Å². The first-order valence-corrected chi connectivity index (χ1v) is 5.22. The normalized spacial score (nSPS) is 10.7. The predicted octanol–water partition coefficient (Wildman–Crippen LogP) is 1.50. The molecule has 0 unspecified atom stereocenters. The van der Waals surface area contributed by atoms with Gasteiger partial charge in [-0.05, 0) is 30.2 Å². The average molecular weight is 203 g/mol. The highest BCUT2D eigenvalue weighted by atomic mass is 15.4. The zero-order valence-corrected chi connectivity index (χ0v) is 8.72. The van der Waals surface area contributed by atoms with Crippen molar-refractivity contribution in [1.82, 2.24) is 25.6 Å². The van der Waals surface area contributed by atoms with E-state index in [1.165, 1.54) is 12.8 Å². The molecule has 0 amide bonds. The van der Waals surface area contributed by atoms with Crippen molar-refractivity contribution in [2.24, 2.45) is 0 Å². The molecule has 0 atom stereocenters. The summed E-state index contributed by atoms with van der Waals surface area (Å²) in [6, 6.07) is 3.82. The van der Waals surface area contributed by atoms with Crippen LogP contribution in [0.4, 0.5) is 0 Å². The van der Waals surface area contributed by atoms with Crippen molar-refractivity contribution >= 4 is 0 Å². The van der Waals surface area contributed by atoms with Gasteiger partial charge in [-0.15, -0.1) is 15.3 Å². The molecule has 0 radical (unpaired) electrons. The van der Waals surface area contributed by atoms with Crippen molar-refractivity contribution in [3.05, 3.63) is 17.8 Å². The largest absolute Gasteiger partial charge is 0.225 e. The van der Waals surface area contributed by atoms with Gasteiger partial charge in [0.15, 0.2) is 0 Å². The van der Waals surface area contributed by atoms with Gasteiger partial charge in [0.25, 0.3) is 0 Å². The van der Waals surface area contributed by atoms with E-state index < -0.39 is 0 Å². The standard InChI is InChI=1S/C10H13N5/c1-2-3-4-5-8-6-7-9-10(13-11-8)14-15-12-9/h6-7H,2-5H2,1H3. The fourth-order valence-electron chi connectivity index (χ4n) is 1.40. The minimum atomic E-state index is 0.511. The number of nitrogens with zero attached hydrogens (tertiary/aromatic N) is 5. The Morgan fingerprint density at radius 3 is 2.80 bits per heavy atom. The van der Waals surface area contributed by atoms with E-state index >= 15 is 0 Å². The molecule has 2 heterocycles. The molecule has 2 aliphatic heterocycles. The number of aryl methyl sites for hydroxylation is 1. The lowest BCUT2D eigenvalue weighted by Crippen LogP contribution is -1.89. The molecule has 0 saturated heterocycles. The topological polar surface area (TPSA) is 64.5 Å². The maximum Gasteiger partial charge on any atom is 0.225 e. The second kappa shape index (κ2) is 4.72. The lowest BCUT2D eigenvalue weighted by atomic mass is 10.1. The van der Waals surface area contributed by atoms with Crippen molar-refractivity contribution in [1.29, 1.82) is 0 Å². The summed E-state index contributed by atoms with van der Waals surface area (Å²) in [6.45, 7) is 2.18. The maximum atomic E-state index is 4.12. The highest BCUT2D eigenvalue weighted by Crippen LogP contribution is 2.10. The molecule has 2 rings (SSSR count). The van der Waals surface area contributed by atoms with Crippen molar-refractivity contribution in [2.75, 3.05) is 0 Å². The smallest absolute Gasteiger partial charge is 0.153 e. The van der Waals surface area contributed by atoms with Crippen LogP contribution < -0.4 is 0 Å². The zero-order valence-electron chi connectivity index (χ0n) is 8.72. The van der Waals surface area contributed by atoms with Crippen LogP contribution in [-0.4, -0.2) is 25.6 Å². The molecule has 0 aromatic carbocycles. The number of aromatic nitrogens is 5. The molecule has 0 aromatic heterocycles. The summed E-state index contributed by atoms with van der Waals surface area (Å²) >= 11 is 0. The van der Waals surface area contributed by atoms with Gasteiger partial charge in [-0.1, -0.05) is 19.8 Å². The Hall–Kier alpha value is -1.65. The molecule has 15 heavy (non-hydrogen) atoms. The first-order chi connectivity index (χ1) is 7.40. The van der Waals surface area contributed by atoms with Crippen LogP contribution in [0, 0.1) is 0 Å². The van der Waals surface area contributed by atoms with Crippen LogP contribution >= 0.6 is 0 Å². The minimum absolute atomic E-state index is 0.511. The van der Waals surface area contributed by atoms with E-state index in [1.807, 2.05) is 12.1 Å². The molecule has 0 spiro atoms. The van der Waals surface area contributed by atoms with Crippen LogP contribution in [0.5, 0.6) is 0 Å². The predicted molar refractivity (Wildman–Crippen MR) is 55.3 cm³/mol. The Kier molecular flexibility index (Phi) is 3.11. The number of rotatable bonds is 4. The van der Waals surface area contributed by atoms with Gasteiger partial charge in [0.1, 0.15) is 5.69 Å². The van der Waals surface area contributed by atoms with E-state index in [0.29, 0.717) is 11.5 Å². The summed E-state index contributed by atoms with van der Waals surface area (Å²) in [5, 5.41) is 19.2. The zero-order chi connectivity index (χ0) is 10.5. The Labute approximate surface area is 88.3 Å². The Balaban J connectivity index is 2.12. The minimum Gasteiger partial charge on any atom is -0.153 e. The Morgan fingerprint density at radius 2 is 1.93 bits per heavy atom. The third-order valence-electron chi connectivity index (χ3n) is 2.26. The Bertz CT molecular complexity index is 372. The highest BCUT2D eigenvalue weighted by molar-refractivity contribution is 5.46. The molecule has 78 valence electrons. The summed E-state index contributed by atoms with van der Waals surface area (Å²) in [7, 11) is 0. The number of hydrogen-bond donors (Lipinski definition) is 0. The van der Waals surface area contributed by atoms with Crippen molar-refractivity contribution in [3.63, 3.8) is 0 Å². The van der Waals surface area contributed by atoms with Crippen LogP contribution in [0.3, 0.4) is 0 Å². The molecule has 0 N–H and O–H groups in total. The van der Waals surface area contributed by atoms with Crippen LogP contribution in [0.2, 0.25) is 0 Å². The fraction of sp³-hybridized carbons (Fsp3) is 0.500. The molecule has 5 heteroatoms. The quantitative estimate of drug-likeness (QED) is 0.704. The number of fused-ring (bicyclic) bond motifs is 1. The SMILES string of the molecule is CCCCCc1ccc2nnnc-2nn1. The summed E-state index contributed by atoms with van der Waals surface area (Å²) in [5.41, 5.74) is 1.69. The monoisotopic (exact) mass is 203 g/mol. The molecular weight excluding hydrogens is 190 g/mol. The molecule has 0 aromatic rings. The van der Waals surface area contributed by atoms with Crippen LogP contribution in [-0.2, 0) is 6.42 Å². The van der Waals surface area contributed by atoms with E-state index in [2.05, 4.69) is 32.5 Å². The Morgan fingerprint density at radius 1 is 1.00 bits per heavy atom. The summed E-state index contributed by atoms with van der Waals surface area (Å²) in [6.07, 6.45) is 4.56. The van der Waals surface area contributed by atoms with E-state index in [0.717, 1.165) is 18.5 Å². The van der Waals surface area contributed by atoms with E-state index in [9.17, 15) is 0 Å². The van der Waals surface area contributed by atoms with Gasteiger partial charge in [0.05, 0.1) is 5.69 Å². The van der Waals surface area contributed by atoms with Gasteiger partial charge in [-0.2, -0.15) is 5.10 Å². The van der Waals surface area contributed by atoms with Crippen molar-refractivity contribution in [3.8, 4) is 11.5 Å². The van der Waals surface area contributed by atoms with Gasteiger partial charge < -0.3 is 0 Å². The number of hydrogen-bond acceptors (Lipinski definition) is 5. The van der Waals surface area contributed by atoms with Gasteiger partial charge in [-0.3, -0.25) is 0 Å². The van der Waals surface area contributed by atoms with Gasteiger partial charge in [0.2, 0.25) is 5.82 Å². The third-order valence-corrected chi connectivity index (χ3v) is 2.26. The molecule has 0 saturated carbocycles. The number of unbranched alkanes of at least 4 members (excludes halogenated alkanes) is 2. The maximum absolute atomic E-state index is 4.12. The van der Waals surface area contributed by atoms with Crippen LogP contribution in [0.25, 0.3) is 11.5 Å². The summed E-state index contributed by atoms with van der Waals surface area (Å²) in [4.78, 5) is 0. The highest BCUT2D eigenvalue weighted by Gasteiger charge is 2.06. The fourth-order valence-corrected chi connectivity index (χ4v) is 1.40. The second-order valence-electron chi connectivity index (χ2n) is 3.48. The average Bonchev–Trinajstić information content (AvgIpc) is 2.61. The van der Waals surface area contributed by atoms with E-state index in [1.54, 1.807) is 0 Å². The lowest BCUT2D eigenvalue weighted by molar-refractivity contribution is 0.701. The molecule has 0 aliphatic carbocycles. The van der Waals surface area contributed by atoms with E-state index in [4.69, 9.17) is 0 Å². The summed E-state index contributed by atoms with van der Waals surface area (Å²) in [5.74, 6) is 0.511. The van der Waals surface area contributed by atoms with Crippen LogP contribution in [0.1, 0.15) is 31.9 Å². The molecule has 2 aliphatic rings. The van der Waals surface area contributed by atoms with Crippen LogP contribution in [0.15, 0.2) is 12.1 Å². The van der Waals surface area contributed by atoms with Gasteiger partial charge in [0, 0.05) is 0 Å². The second-order valence-corrected chi connectivity index (χ2v) is 3.48. The molecule has 0 bridgehead atoms. The van der Waals surface area contributed by atoms with Crippen molar-refractivity contribution in [2.45, 2.75) is 32.6 Å². The third kappa shape index (κ3) is 2.43. The first-order valence-electron chi connectivity index (χ1n) is 5.22. The molecular formula is C10H13N5. The molecule has 5 nitrogen and oxygen atoms in total. The van der Waals surface area contributed by atoms with Crippen molar-refractivity contribution < 1.29 is 0 Å². The first kappa shape index (κ1) is 9.89. The van der Waals surface area contributed by atoms with E-state index in [-0.39, 0.29) is 0 Å². The lowest BCUT2D eigenvalue weighted by Gasteiger charge is -1.94. The van der Waals surface area contributed by atoms with Gasteiger partial charge >= 0.3 is 0 Å².